The standard InChI is InChI=1S/C47H85NO3/c1-3-5-7-9-11-13-15-17-19-20-21-22-23-24-25-26-27-28-29-30-32-34-36-38-40-42-46(50)45(44-49)48-47(51)43-41-39-37-35-33-31-18-16-14-12-10-8-6-4-2/h10,12,16,18,27-28,32,34,40,42,45-46,49-50H,3-9,11,13-15,17,19-26,29-31,33,35-39,41,43-44H2,1-2H3,(H,48,51)/b12-10-,18-16-,28-27+,34-32+,42-40+. The van der Waals surface area contributed by atoms with Crippen LogP contribution in [-0.2, 0) is 4.79 Å². The van der Waals surface area contributed by atoms with Gasteiger partial charge in [0.25, 0.3) is 0 Å². The smallest absolute Gasteiger partial charge is 0.220 e. The minimum atomic E-state index is -0.877. The van der Waals surface area contributed by atoms with E-state index in [1.54, 1.807) is 6.08 Å². The first kappa shape index (κ1) is 49.1. The van der Waals surface area contributed by atoms with Crippen molar-refractivity contribution in [1.82, 2.24) is 5.32 Å². The van der Waals surface area contributed by atoms with Gasteiger partial charge in [-0.2, -0.15) is 0 Å². The summed E-state index contributed by atoms with van der Waals surface area (Å²) in [5, 5.41) is 22.9. The van der Waals surface area contributed by atoms with Crippen molar-refractivity contribution in [3.8, 4) is 0 Å². The molecule has 1 amide bonds. The summed E-state index contributed by atoms with van der Waals surface area (Å²) in [4.78, 5) is 12.3. The first-order valence-electron chi connectivity index (χ1n) is 22.0. The Hall–Kier alpha value is -1.91. The van der Waals surface area contributed by atoms with E-state index in [9.17, 15) is 15.0 Å². The average molecular weight is 712 g/mol. The van der Waals surface area contributed by atoms with Crippen LogP contribution in [0, 0.1) is 0 Å². The average Bonchev–Trinajstić information content (AvgIpc) is 3.13. The highest BCUT2D eigenvalue weighted by Crippen LogP contribution is 2.14. The fraction of sp³-hybridized carbons (Fsp3) is 0.766. The molecule has 0 aliphatic carbocycles. The van der Waals surface area contributed by atoms with Crippen LogP contribution in [0.25, 0.3) is 0 Å². The molecule has 0 spiro atoms. The summed E-state index contributed by atoms with van der Waals surface area (Å²) < 4.78 is 0. The molecule has 3 N–H and O–H groups in total. The van der Waals surface area contributed by atoms with Gasteiger partial charge in [0.15, 0.2) is 0 Å². The summed E-state index contributed by atoms with van der Waals surface area (Å²) in [5.41, 5.74) is 0. The number of rotatable bonds is 39. The lowest BCUT2D eigenvalue weighted by molar-refractivity contribution is -0.123. The van der Waals surface area contributed by atoms with Gasteiger partial charge in [0, 0.05) is 6.42 Å². The number of nitrogens with one attached hydrogen (secondary N) is 1. The molecule has 0 aliphatic rings. The SMILES string of the molecule is CCCC/C=C\C/C=C\CCCCCCCC(=O)NC(CO)C(O)/C=C/CC/C=C/CC/C=C/CCCCCCCCCCCCCCCCC. The molecule has 51 heavy (non-hydrogen) atoms. The Balaban J connectivity index is 3.65. The molecule has 0 aromatic carbocycles. The fourth-order valence-corrected chi connectivity index (χ4v) is 6.28. The van der Waals surface area contributed by atoms with Crippen molar-refractivity contribution in [2.24, 2.45) is 0 Å². The molecule has 0 aromatic heterocycles. The Morgan fingerprint density at radius 2 is 0.843 bits per heavy atom. The van der Waals surface area contributed by atoms with Gasteiger partial charge in [0.2, 0.25) is 5.91 Å². The van der Waals surface area contributed by atoms with Crippen molar-refractivity contribution >= 4 is 5.91 Å². The zero-order chi connectivity index (χ0) is 37.1. The summed E-state index contributed by atoms with van der Waals surface area (Å²) >= 11 is 0. The van der Waals surface area contributed by atoms with Gasteiger partial charge in [-0.3, -0.25) is 4.79 Å². The highest BCUT2D eigenvalue weighted by Gasteiger charge is 2.17. The molecule has 0 fully saturated rings. The van der Waals surface area contributed by atoms with Gasteiger partial charge in [0.05, 0.1) is 18.8 Å². The molecule has 0 radical (unpaired) electrons. The summed E-state index contributed by atoms with van der Waals surface area (Å²) in [5.74, 6) is -0.0942. The third-order valence-electron chi connectivity index (χ3n) is 9.70. The highest BCUT2D eigenvalue weighted by atomic mass is 16.3. The zero-order valence-corrected chi connectivity index (χ0v) is 33.9. The minimum absolute atomic E-state index is 0.0942. The van der Waals surface area contributed by atoms with Gasteiger partial charge in [0.1, 0.15) is 0 Å². The number of hydrogen-bond acceptors (Lipinski definition) is 3. The highest BCUT2D eigenvalue weighted by molar-refractivity contribution is 5.76. The second-order valence-corrected chi connectivity index (χ2v) is 14.7. The van der Waals surface area contributed by atoms with Crippen LogP contribution < -0.4 is 5.32 Å². The van der Waals surface area contributed by atoms with Crippen LogP contribution >= 0.6 is 0 Å². The largest absolute Gasteiger partial charge is 0.394 e. The normalized spacial score (nSPS) is 13.6. The van der Waals surface area contributed by atoms with Crippen LogP contribution in [0.1, 0.15) is 213 Å². The lowest BCUT2D eigenvalue weighted by atomic mass is 10.0. The maximum atomic E-state index is 12.3. The topological polar surface area (TPSA) is 69.6 Å². The van der Waals surface area contributed by atoms with Crippen molar-refractivity contribution in [2.75, 3.05) is 6.61 Å². The second kappa shape index (κ2) is 42.5. The summed E-state index contributed by atoms with van der Waals surface area (Å²) in [6.45, 7) is 4.24. The molecule has 296 valence electrons. The van der Waals surface area contributed by atoms with E-state index >= 15 is 0 Å². The molecular weight excluding hydrogens is 627 g/mol. The number of carbonyl (C=O) groups excluding carboxylic acids is 1. The number of hydrogen-bond donors (Lipinski definition) is 3. The molecule has 0 aliphatic heterocycles. The molecule has 0 heterocycles. The number of carbonyl (C=O) groups is 1. The molecule has 0 aromatic rings. The van der Waals surface area contributed by atoms with Gasteiger partial charge in [-0.05, 0) is 70.6 Å². The van der Waals surface area contributed by atoms with E-state index in [4.69, 9.17) is 0 Å². The molecule has 0 saturated carbocycles. The van der Waals surface area contributed by atoms with Crippen molar-refractivity contribution in [3.05, 3.63) is 60.8 Å². The van der Waals surface area contributed by atoms with E-state index in [1.165, 1.54) is 135 Å². The summed E-state index contributed by atoms with van der Waals surface area (Å²) in [6.07, 6.45) is 59.1. The number of allylic oxidation sites excluding steroid dienone is 9. The monoisotopic (exact) mass is 712 g/mol. The third kappa shape index (κ3) is 39.1. The van der Waals surface area contributed by atoms with E-state index in [0.717, 1.165) is 57.8 Å². The lowest BCUT2D eigenvalue weighted by Gasteiger charge is -2.19. The molecular formula is C47H85NO3. The van der Waals surface area contributed by atoms with Crippen LogP contribution in [0.5, 0.6) is 0 Å². The molecule has 0 rings (SSSR count). The number of amides is 1. The van der Waals surface area contributed by atoms with E-state index in [0.29, 0.717) is 6.42 Å². The fourth-order valence-electron chi connectivity index (χ4n) is 6.28. The Bertz CT molecular complexity index is 858. The van der Waals surface area contributed by atoms with Crippen molar-refractivity contribution < 1.29 is 15.0 Å². The molecule has 4 nitrogen and oxygen atoms in total. The summed E-state index contributed by atoms with van der Waals surface area (Å²) in [7, 11) is 0. The van der Waals surface area contributed by atoms with E-state index in [1.807, 2.05) is 6.08 Å². The van der Waals surface area contributed by atoms with Gasteiger partial charge >= 0.3 is 0 Å². The van der Waals surface area contributed by atoms with Crippen molar-refractivity contribution in [2.45, 2.75) is 225 Å². The minimum Gasteiger partial charge on any atom is -0.394 e. The van der Waals surface area contributed by atoms with Gasteiger partial charge in [-0.1, -0.05) is 197 Å². The number of unbranched alkanes of at least 4 members (excludes halogenated alkanes) is 24. The Morgan fingerprint density at radius 3 is 1.31 bits per heavy atom. The van der Waals surface area contributed by atoms with Crippen molar-refractivity contribution in [3.63, 3.8) is 0 Å². The molecule has 0 bridgehead atoms. The number of aliphatic hydroxyl groups is 2. The Kier molecular flexibility index (Phi) is 40.9. The molecule has 2 unspecified atom stereocenters. The van der Waals surface area contributed by atoms with Gasteiger partial charge in [-0.25, -0.2) is 0 Å². The predicted octanol–water partition coefficient (Wildman–Crippen LogP) is 13.7. The summed E-state index contributed by atoms with van der Waals surface area (Å²) in [6, 6.07) is -0.654. The van der Waals surface area contributed by atoms with Crippen LogP contribution in [-0.4, -0.2) is 34.9 Å². The van der Waals surface area contributed by atoms with Gasteiger partial charge in [-0.15, -0.1) is 0 Å². The maximum Gasteiger partial charge on any atom is 0.220 e. The predicted molar refractivity (Wildman–Crippen MR) is 225 cm³/mol. The first-order chi connectivity index (χ1) is 25.2. The van der Waals surface area contributed by atoms with E-state index < -0.39 is 12.1 Å². The van der Waals surface area contributed by atoms with E-state index in [2.05, 4.69) is 67.8 Å². The third-order valence-corrected chi connectivity index (χ3v) is 9.70. The first-order valence-corrected chi connectivity index (χ1v) is 22.0. The number of aliphatic hydroxyl groups excluding tert-OH is 2. The molecule has 0 saturated heterocycles. The zero-order valence-electron chi connectivity index (χ0n) is 33.9. The van der Waals surface area contributed by atoms with Crippen LogP contribution in [0.3, 0.4) is 0 Å². The van der Waals surface area contributed by atoms with Gasteiger partial charge < -0.3 is 15.5 Å². The van der Waals surface area contributed by atoms with Crippen molar-refractivity contribution in [1.29, 1.82) is 0 Å². The molecule has 4 heteroatoms. The van der Waals surface area contributed by atoms with Crippen LogP contribution in [0.15, 0.2) is 60.8 Å². The van der Waals surface area contributed by atoms with Crippen LogP contribution in [0.2, 0.25) is 0 Å². The second-order valence-electron chi connectivity index (χ2n) is 14.7. The van der Waals surface area contributed by atoms with Crippen LogP contribution in [0.4, 0.5) is 0 Å². The Morgan fingerprint density at radius 1 is 0.471 bits per heavy atom. The molecule has 2 atom stereocenters. The lowest BCUT2D eigenvalue weighted by Crippen LogP contribution is -2.45. The maximum absolute atomic E-state index is 12.3. The van der Waals surface area contributed by atoms with E-state index in [-0.39, 0.29) is 12.5 Å². The Labute approximate surface area is 317 Å². The quantitative estimate of drug-likeness (QED) is 0.0439.